The molecule has 186 valence electrons. The molecule has 1 unspecified atom stereocenters. The first-order chi connectivity index (χ1) is 16.7. The van der Waals surface area contributed by atoms with Crippen molar-refractivity contribution in [2.45, 2.75) is 38.9 Å². The molecule has 0 N–H and O–H groups in total. The predicted molar refractivity (Wildman–Crippen MR) is 127 cm³/mol. The normalized spacial score (nSPS) is 19.0. The van der Waals surface area contributed by atoms with Crippen LogP contribution < -0.4 is 10.7 Å². The van der Waals surface area contributed by atoms with Crippen molar-refractivity contribution < 1.29 is 22.4 Å². The lowest BCUT2D eigenvalue weighted by atomic mass is 10.0. The zero-order chi connectivity index (χ0) is 24.7. The van der Waals surface area contributed by atoms with Crippen LogP contribution in [-0.4, -0.2) is 48.0 Å². The van der Waals surface area contributed by atoms with E-state index in [2.05, 4.69) is 4.90 Å². The van der Waals surface area contributed by atoms with E-state index in [-0.39, 0.29) is 11.7 Å². The number of aromatic nitrogens is 1. The number of alkyl halides is 3. The molecule has 0 radical (unpaired) electrons. The van der Waals surface area contributed by atoms with E-state index in [9.17, 15) is 22.8 Å². The summed E-state index contributed by atoms with van der Waals surface area (Å²) >= 11 is 0. The van der Waals surface area contributed by atoms with E-state index < -0.39 is 17.5 Å². The van der Waals surface area contributed by atoms with Gasteiger partial charge in [-0.2, -0.15) is 13.2 Å². The number of ketones is 1. The molecule has 2 aromatic carbocycles. The molecule has 3 aromatic rings. The Bertz CT molecular complexity index is 1300. The van der Waals surface area contributed by atoms with Crippen molar-refractivity contribution in [3.05, 3.63) is 63.6 Å². The highest BCUT2D eigenvalue weighted by Crippen LogP contribution is 2.33. The van der Waals surface area contributed by atoms with Gasteiger partial charge in [0.15, 0.2) is 11.4 Å². The van der Waals surface area contributed by atoms with Gasteiger partial charge in [0.1, 0.15) is 0 Å². The highest BCUT2D eigenvalue weighted by Gasteiger charge is 2.32. The minimum absolute atomic E-state index is 0.00582. The first-order valence-corrected chi connectivity index (χ1v) is 12.1. The van der Waals surface area contributed by atoms with Crippen LogP contribution in [0.25, 0.3) is 11.1 Å². The van der Waals surface area contributed by atoms with Gasteiger partial charge >= 0.3 is 11.9 Å². The number of hydrogen-bond donors (Lipinski definition) is 0. The summed E-state index contributed by atoms with van der Waals surface area (Å²) in [5.41, 5.74) is 2.79. The van der Waals surface area contributed by atoms with E-state index in [1.165, 1.54) is 12.1 Å². The maximum atomic E-state index is 13.0. The van der Waals surface area contributed by atoms with Crippen molar-refractivity contribution in [2.24, 2.45) is 5.92 Å². The van der Waals surface area contributed by atoms with Crippen LogP contribution in [-0.2, 0) is 19.1 Å². The Hall–Kier alpha value is -3.07. The standard InChI is InChI=1S/C26H28F3N3O3/c1-2-17-13-18-14-22-23(16-21(18)24(17)33)35-25(34)32(22)8-4-7-30-9-11-31(12-10-30)20-6-3-5-19(15-20)26(27,28)29/h3,5-6,14-17H,2,4,7-13H2,1H3. The number of rotatable bonds is 6. The molecule has 0 saturated carbocycles. The zero-order valence-electron chi connectivity index (χ0n) is 19.6. The van der Waals surface area contributed by atoms with Crippen molar-refractivity contribution in [3.63, 3.8) is 0 Å². The number of halogens is 3. The Morgan fingerprint density at radius 3 is 2.51 bits per heavy atom. The first kappa shape index (κ1) is 23.7. The van der Waals surface area contributed by atoms with Gasteiger partial charge < -0.3 is 9.32 Å². The number of aryl methyl sites for hydroxylation is 1. The Morgan fingerprint density at radius 1 is 1.03 bits per heavy atom. The maximum absolute atomic E-state index is 13.0. The third-order valence-electron chi connectivity index (χ3n) is 7.26. The highest BCUT2D eigenvalue weighted by molar-refractivity contribution is 6.04. The third-order valence-corrected chi connectivity index (χ3v) is 7.26. The van der Waals surface area contributed by atoms with E-state index in [4.69, 9.17) is 4.42 Å². The van der Waals surface area contributed by atoms with Gasteiger partial charge in [-0.3, -0.25) is 14.3 Å². The Kier molecular flexibility index (Phi) is 6.21. The minimum atomic E-state index is -4.35. The Morgan fingerprint density at radius 2 is 1.80 bits per heavy atom. The molecule has 1 aromatic heterocycles. The number of hydrogen-bond acceptors (Lipinski definition) is 5. The van der Waals surface area contributed by atoms with Crippen LogP contribution in [0, 0.1) is 5.92 Å². The van der Waals surface area contributed by atoms with Gasteiger partial charge in [0, 0.05) is 49.9 Å². The summed E-state index contributed by atoms with van der Waals surface area (Å²) in [5, 5.41) is 0. The molecule has 0 amide bonds. The van der Waals surface area contributed by atoms with Crippen LogP contribution >= 0.6 is 0 Å². The lowest BCUT2D eigenvalue weighted by Crippen LogP contribution is -2.46. The van der Waals surface area contributed by atoms with Crippen LogP contribution in [0.5, 0.6) is 0 Å². The van der Waals surface area contributed by atoms with Crippen LogP contribution in [0.1, 0.15) is 41.3 Å². The van der Waals surface area contributed by atoms with Crippen molar-refractivity contribution in [2.75, 3.05) is 37.6 Å². The fraction of sp³-hybridized carbons (Fsp3) is 0.462. The predicted octanol–water partition coefficient (Wildman–Crippen LogP) is 4.59. The van der Waals surface area contributed by atoms with Gasteiger partial charge in [-0.25, -0.2) is 4.79 Å². The van der Waals surface area contributed by atoms with Crippen LogP contribution in [0.15, 0.2) is 45.6 Å². The lowest BCUT2D eigenvalue weighted by molar-refractivity contribution is -0.137. The summed E-state index contributed by atoms with van der Waals surface area (Å²) in [4.78, 5) is 29.2. The molecule has 2 heterocycles. The molecule has 35 heavy (non-hydrogen) atoms. The van der Waals surface area contributed by atoms with Crippen molar-refractivity contribution in [3.8, 4) is 0 Å². The van der Waals surface area contributed by atoms with Crippen molar-refractivity contribution >= 4 is 22.6 Å². The molecular weight excluding hydrogens is 459 g/mol. The molecule has 1 saturated heterocycles. The van der Waals surface area contributed by atoms with E-state index in [0.29, 0.717) is 42.9 Å². The van der Waals surface area contributed by atoms with Gasteiger partial charge in [0.2, 0.25) is 0 Å². The summed E-state index contributed by atoms with van der Waals surface area (Å²) in [6.07, 6.45) is -2.11. The second kappa shape index (κ2) is 9.18. The molecule has 1 atom stereocenters. The maximum Gasteiger partial charge on any atom is 0.419 e. The number of oxazole rings is 1. The number of anilines is 1. The average molecular weight is 488 g/mol. The quantitative estimate of drug-likeness (QED) is 0.509. The fourth-order valence-corrected chi connectivity index (χ4v) is 5.23. The molecule has 1 fully saturated rings. The van der Waals surface area contributed by atoms with Gasteiger partial charge in [-0.05, 0) is 61.7 Å². The first-order valence-electron chi connectivity index (χ1n) is 12.1. The number of benzene rings is 2. The molecule has 9 heteroatoms. The van der Waals surface area contributed by atoms with Crippen LogP contribution in [0.4, 0.5) is 18.9 Å². The van der Waals surface area contributed by atoms with E-state index >= 15 is 0 Å². The van der Waals surface area contributed by atoms with Crippen molar-refractivity contribution in [1.29, 1.82) is 0 Å². The van der Waals surface area contributed by atoms with E-state index in [1.54, 1.807) is 16.7 Å². The van der Waals surface area contributed by atoms with Crippen LogP contribution in [0.2, 0.25) is 0 Å². The number of nitrogens with zero attached hydrogens (tertiary/aromatic N) is 3. The molecule has 0 spiro atoms. The Labute approximate surface area is 200 Å². The summed E-state index contributed by atoms with van der Waals surface area (Å²) in [6, 6.07) is 9.11. The molecule has 0 bridgehead atoms. The van der Waals surface area contributed by atoms with Gasteiger partial charge in [-0.15, -0.1) is 0 Å². The molecule has 6 nitrogen and oxygen atoms in total. The molecule has 2 aliphatic rings. The number of Topliss-reactive ketones (excluding diaryl/α,β-unsaturated/α-hetero) is 1. The fourth-order valence-electron chi connectivity index (χ4n) is 5.23. The Balaban J connectivity index is 1.19. The molecule has 1 aliphatic heterocycles. The van der Waals surface area contributed by atoms with E-state index in [1.807, 2.05) is 17.9 Å². The van der Waals surface area contributed by atoms with Crippen LogP contribution in [0.3, 0.4) is 0 Å². The number of piperazine rings is 1. The SMILES string of the molecule is CCC1Cc2cc3c(cc2C1=O)oc(=O)n3CCCN1CCN(c2cccc(C(F)(F)F)c2)CC1. The van der Waals surface area contributed by atoms with Gasteiger partial charge in [0.05, 0.1) is 11.1 Å². The number of fused-ring (bicyclic) bond motifs is 2. The smallest absolute Gasteiger partial charge is 0.408 e. The molecule has 1 aliphatic carbocycles. The van der Waals surface area contributed by atoms with Gasteiger partial charge in [-0.1, -0.05) is 13.0 Å². The van der Waals surface area contributed by atoms with Gasteiger partial charge in [0.25, 0.3) is 0 Å². The largest absolute Gasteiger partial charge is 0.419 e. The van der Waals surface area contributed by atoms with E-state index in [0.717, 1.165) is 49.6 Å². The molecular formula is C26H28F3N3O3. The second-order valence-corrected chi connectivity index (χ2v) is 9.40. The number of carbonyl (C=O) groups excluding carboxylic acids is 1. The molecule has 5 rings (SSSR count). The number of carbonyl (C=O) groups is 1. The summed E-state index contributed by atoms with van der Waals surface area (Å²) in [7, 11) is 0. The summed E-state index contributed by atoms with van der Waals surface area (Å²) in [5.74, 6) is -0.284. The lowest BCUT2D eigenvalue weighted by Gasteiger charge is -2.36. The summed E-state index contributed by atoms with van der Waals surface area (Å²) < 4.78 is 46.1. The third kappa shape index (κ3) is 4.61. The zero-order valence-corrected chi connectivity index (χ0v) is 19.6. The summed E-state index contributed by atoms with van der Waals surface area (Å²) in [6.45, 7) is 6.06. The average Bonchev–Trinajstić information content (AvgIpc) is 3.32. The van der Waals surface area contributed by atoms with Crippen molar-refractivity contribution in [1.82, 2.24) is 9.47 Å². The second-order valence-electron chi connectivity index (χ2n) is 9.40. The monoisotopic (exact) mass is 487 g/mol. The highest BCUT2D eigenvalue weighted by atomic mass is 19.4. The topological polar surface area (TPSA) is 58.7 Å². The minimum Gasteiger partial charge on any atom is -0.408 e.